The van der Waals surface area contributed by atoms with Crippen molar-refractivity contribution in [3.8, 4) is 11.5 Å². The third kappa shape index (κ3) is 5.09. The summed E-state index contributed by atoms with van der Waals surface area (Å²) in [6, 6.07) is 15.0. The number of carbonyl (C=O) groups excluding carboxylic acids is 1. The van der Waals surface area contributed by atoms with E-state index in [0.29, 0.717) is 18.8 Å². The second kappa shape index (κ2) is 9.98. The Labute approximate surface area is 177 Å². The van der Waals surface area contributed by atoms with Crippen molar-refractivity contribution in [3.63, 3.8) is 0 Å². The molecule has 148 valence electrons. The van der Waals surface area contributed by atoms with Gasteiger partial charge in [0.15, 0.2) is 0 Å². The molecule has 0 radical (unpaired) electrons. The quantitative estimate of drug-likeness (QED) is 0.355. The Morgan fingerprint density at radius 3 is 1.93 bits per heavy atom. The van der Waals surface area contributed by atoms with Crippen LogP contribution < -0.4 is 9.47 Å². The first kappa shape index (κ1) is 20.7. The molecule has 6 heteroatoms. The molecule has 29 heavy (non-hydrogen) atoms. The Hall–Kier alpha value is -2.99. The van der Waals surface area contributed by atoms with Crippen LogP contribution in [0, 0.1) is 0 Å². The van der Waals surface area contributed by atoms with Gasteiger partial charge >= 0.3 is 0 Å². The summed E-state index contributed by atoms with van der Waals surface area (Å²) >= 11 is 3.43. The van der Waals surface area contributed by atoms with Crippen molar-refractivity contribution in [2.75, 3.05) is 13.2 Å². The van der Waals surface area contributed by atoms with Gasteiger partial charge in [0.05, 0.1) is 24.2 Å². The Morgan fingerprint density at radius 1 is 0.828 bits per heavy atom. The third-order valence-corrected chi connectivity index (χ3v) is 4.62. The van der Waals surface area contributed by atoms with Crippen LogP contribution in [0.5, 0.6) is 11.5 Å². The lowest BCUT2D eigenvalue weighted by Crippen LogP contribution is -1.93. The number of pyridine rings is 2. The van der Waals surface area contributed by atoms with Gasteiger partial charge in [-0.1, -0.05) is 15.9 Å². The van der Waals surface area contributed by atoms with Crippen molar-refractivity contribution < 1.29 is 14.3 Å². The van der Waals surface area contributed by atoms with E-state index in [1.165, 1.54) is 0 Å². The van der Waals surface area contributed by atoms with E-state index in [4.69, 9.17) is 9.47 Å². The number of aromatic nitrogens is 2. The van der Waals surface area contributed by atoms with Gasteiger partial charge < -0.3 is 9.47 Å². The first-order valence-electron chi connectivity index (χ1n) is 9.30. The minimum atomic E-state index is 0.602. The average Bonchev–Trinajstić information content (AvgIpc) is 2.75. The Kier molecular flexibility index (Phi) is 7.14. The van der Waals surface area contributed by atoms with Crippen LogP contribution in [0.2, 0.25) is 0 Å². The molecule has 0 fully saturated rings. The number of fused-ring (bicyclic) bond motifs is 2. The van der Waals surface area contributed by atoms with E-state index in [-0.39, 0.29) is 0 Å². The predicted molar refractivity (Wildman–Crippen MR) is 119 cm³/mol. The highest BCUT2D eigenvalue weighted by atomic mass is 79.9. The van der Waals surface area contributed by atoms with Gasteiger partial charge in [0, 0.05) is 33.2 Å². The maximum Gasteiger partial charge on any atom is 0.150 e. The van der Waals surface area contributed by atoms with E-state index in [9.17, 15) is 4.79 Å². The summed E-state index contributed by atoms with van der Waals surface area (Å²) in [6.45, 7) is 5.18. The molecule has 0 N–H and O–H groups in total. The minimum absolute atomic E-state index is 0.602. The molecule has 4 aromatic rings. The molecule has 2 aromatic heterocycles. The number of ether oxygens (including phenoxy) is 2. The summed E-state index contributed by atoms with van der Waals surface area (Å²) in [5, 5.41) is 1.92. The first-order chi connectivity index (χ1) is 14.2. The molecule has 0 unspecified atom stereocenters. The molecule has 4 rings (SSSR count). The second-order valence-corrected chi connectivity index (χ2v) is 6.96. The van der Waals surface area contributed by atoms with Crippen LogP contribution in [-0.2, 0) is 0 Å². The van der Waals surface area contributed by atoms with Crippen LogP contribution in [0.4, 0.5) is 0 Å². The van der Waals surface area contributed by atoms with Gasteiger partial charge in [-0.3, -0.25) is 14.8 Å². The second-order valence-electron chi connectivity index (χ2n) is 6.04. The lowest BCUT2D eigenvalue weighted by molar-refractivity contribution is 0.112. The molecule has 0 amide bonds. The molecular weight excluding hydrogens is 432 g/mol. The summed E-state index contributed by atoms with van der Waals surface area (Å²) in [7, 11) is 0. The van der Waals surface area contributed by atoms with E-state index in [2.05, 4.69) is 25.9 Å². The van der Waals surface area contributed by atoms with Gasteiger partial charge in [0.25, 0.3) is 0 Å². The lowest BCUT2D eigenvalue weighted by atomic mass is 10.1. The topological polar surface area (TPSA) is 61.3 Å². The zero-order valence-corrected chi connectivity index (χ0v) is 17.8. The molecule has 0 aliphatic heterocycles. The fourth-order valence-electron chi connectivity index (χ4n) is 2.87. The summed E-state index contributed by atoms with van der Waals surface area (Å²) in [5.41, 5.74) is 2.43. The number of rotatable bonds is 5. The Morgan fingerprint density at radius 2 is 1.38 bits per heavy atom. The maximum absolute atomic E-state index is 10.7. The zero-order chi connectivity index (χ0) is 20.6. The van der Waals surface area contributed by atoms with Crippen molar-refractivity contribution in [2.45, 2.75) is 13.8 Å². The summed E-state index contributed by atoms with van der Waals surface area (Å²) in [5.74, 6) is 1.66. The van der Waals surface area contributed by atoms with Gasteiger partial charge in [-0.2, -0.15) is 0 Å². The number of nitrogens with zero attached hydrogens (tertiary/aromatic N) is 2. The lowest BCUT2D eigenvalue weighted by Gasteiger charge is -2.06. The van der Waals surface area contributed by atoms with Crippen LogP contribution in [0.3, 0.4) is 0 Å². The number of hydrogen-bond donors (Lipinski definition) is 0. The zero-order valence-electron chi connectivity index (χ0n) is 16.3. The van der Waals surface area contributed by atoms with Gasteiger partial charge in [-0.15, -0.1) is 0 Å². The van der Waals surface area contributed by atoms with Crippen LogP contribution in [0.25, 0.3) is 21.8 Å². The molecule has 0 spiro atoms. The normalized spacial score (nSPS) is 10.3. The Balaban J connectivity index is 0.000000166. The number of halogens is 1. The molecular formula is C23H21BrN2O3. The fourth-order valence-corrected chi connectivity index (χ4v) is 3.23. The molecule has 0 aliphatic rings. The van der Waals surface area contributed by atoms with Crippen LogP contribution >= 0.6 is 15.9 Å². The van der Waals surface area contributed by atoms with Crippen molar-refractivity contribution >= 4 is 44.0 Å². The summed E-state index contributed by atoms with van der Waals surface area (Å²) < 4.78 is 12.0. The molecule has 0 aliphatic carbocycles. The minimum Gasteiger partial charge on any atom is -0.493 e. The predicted octanol–water partition coefficient (Wildman–Crippen LogP) is 5.84. The average molecular weight is 453 g/mol. The molecule has 2 heterocycles. The number of benzene rings is 2. The van der Waals surface area contributed by atoms with Crippen molar-refractivity contribution in [2.24, 2.45) is 0 Å². The van der Waals surface area contributed by atoms with E-state index >= 15 is 0 Å². The Bertz CT molecular complexity index is 1130. The standard InChI is InChI=1S/C12H11NO2.C11H10BrNO/c1-2-15-12-5-6-13-11-4-3-9(8-14)7-10(11)12;1-2-14-11-5-6-13-10-4-3-8(12)7-9(10)11/h3-8H,2H2,1H3;3-7H,2H2,1H3. The van der Waals surface area contributed by atoms with Gasteiger partial charge in [0.1, 0.15) is 17.8 Å². The van der Waals surface area contributed by atoms with Crippen LogP contribution in [0.15, 0.2) is 65.4 Å². The SMILES string of the molecule is CCOc1ccnc2ccc(Br)cc12.CCOc1ccnc2ccc(C=O)cc12. The highest BCUT2D eigenvalue weighted by molar-refractivity contribution is 9.10. The number of aldehydes is 1. The summed E-state index contributed by atoms with van der Waals surface area (Å²) in [4.78, 5) is 19.1. The van der Waals surface area contributed by atoms with E-state index in [1.54, 1.807) is 30.6 Å². The van der Waals surface area contributed by atoms with Gasteiger partial charge in [0.2, 0.25) is 0 Å². The van der Waals surface area contributed by atoms with Crippen LogP contribution in [0.1, 0.15) is 24.2 Å². The monoisotopic (exact) mass is 452 g/mol. The van der Waals surface area contributed by atoms with Gasteiger partial charge in [-0.25, -0.2) is 0 Å². The van der Waals surface area contributed by atoms with E-state index < -0.39 is 0 Å². The molecule has 0 saturated heterocycles. The third-order valence-electron chi connectivity index (χ3n) is 4.12. The number of carbonyl (C=O) groups is 1. The largest absolute Gasteiger partial charge is 0.493 e. The molecule has 0 atom stereocenters. The molecule has 5 nitrogen and oxygen atoms in total. The van der Waals surface area contributed by atoms with Crippen LogP contribution in [-0.4, -0.2) is 29.5 Å². The number of hydrogen-bond acceptors (Lipinski definition) is 5. The van der Waals surface area contributed by atoms with E-state index in [1.807, 2.05) is 44.2 Å². The highest BCUT2D eigenvalue weighted by Gasteiger charge is 2.03. The fraction of sp³-hybridized carbons (Fsp3) is 0.174. The first-order valence-corrected chi connectivity index (χ1v) is 10.1. The van der Waals surface area contributed by atoms with Crippen molar-refractivity contribution in [1.29, 1.82) is 0 Å². The molecule has 2 aromatic carbocycles. The van der Waals surface area contributed by atoms with Crippen molar-refractivity contribution in [1.82, 2.24) is 9.97 Å². The highest BCUT2D eigenvalue weighted by Crippen LogP contribution is 2.27. The molecule has 0 bridgehead atoms. The van der Waals surface area contributed by atoms with Crippen molar-refractivity contribution in [3.05, 3.63) is 71.0 Å². The maximum atomic E-state index is 10.7. The molecule has 0 saturated carbocycles. The van der Waals surface area contributed by atoms with Gasteiger partial charge in [-0.05, 0) is 62.4 Å². The smallest absolute Gasteiger partial charge is 0.150 e. The van der Waals surface area contributed by atoms with E-state index in [0.717, 1.165) is 44.1 Å². The summed E-state index contributed by atoms with van der Waals surface area (Å²) in [6.07, 6.45) is 4.29.